The van der Waals surface area contributed by atoms with Crippen LogP contribution in [-0.4, -0.2) is 9.52 Å². The van der Waals surface area contributed by atoms with Crippen molar-refractivity contribution in [1.82, 2.24) is 0 Å². The van der Waals surface area contributed by atoms with Crippen LogP contribution < -0.4 is 5.19 Å². The second-order valence-corrected chi connectivity index (χ2v) is 4.79. The van der Waals surface area contributed by atoms with Crippen molar-refractivity contribution in [2.75, 3.05) is 0 Å². The van der Waals surface area contributed by atoms with Gasteiger partial charge in [-0.2, -0.15) is 0 Å². The maximum atomic E-state index is 2.26. The van der Waals surface area contributed by atoms with E-state index >= 15 is 0 Å². The molecular weight excluding hydrogens is 184 g/mol. The summed E-state index contributed by atoms with van der Waals surface area (Å²) in [4.78, 5) is 0. The Balaban J connectivity index is 2.05. The zero-order valence-corrected chi connectivity index (χ0v) is 9.87. The van der Waals surface area contributed by atoms with Gasteiger partial charge in [0.05, 0.1) is 9.52 Å². The summed E-state index contributed by atoms with van der Waals surface area (Å²) < 4.78 is 0. The van der Waals surface area contributed by atoms with Crippen LogP contribution in [-0.2, 0) is 0 Å². The Morgan fingerprint density at radius 1 is 1.14 bits per heavy atom. The lowest BCUT2D eigenvalue weighted by Gasteiger charge is -1.98. The van der Waals surface area contributed by atoms with Crippen molar-refractivity contribution in [1.29, 1.82) is 0 Å². The van der Waals surface area contributed by atoms with Crippen LogP contribution in [0.2, 0.25) is 6.04 Å². The summed E-state index contributed by atoms with van der Waals surface area (Å²) >= 11 is 0. The third kappa shape index (κ3) is 5.03. The summed E-state index contributed by atoms with van der Waals surface area (Å²) in [5, 5.41) is 1.50. The van der Waals surface area contributed by atoms with Gasteiger partial charge in [-0.05, 0) is 13.3 Å². The summed E-state index contributed by atoms with van der Waals surface area (Å²) in [6.07, 6.45) is 8.34. The Morgan fingerprint density at radius 2 is 1.93 bits per heavy atom. The topological polar surface area (TPSA) is 0 Å². The molecule has 1 heteroatoms. The molecular formula is C13H18Si. The molecule has 0 aromatic heterocycles. The molecule has 0 aliphatic carbocycles. The second kappa shape index (κ2) is 7.57. The molecule has 74 valence electrons. The van der Waals surface area contributed by atoms with E-state index in [0.29, 0.717) is 0 Å². The van der Waals surface area contributed by atoms with E-state index in [1.54, 1.807) is 0 Å². The molecule has 0 nitrogen and oxygen atoms in total. The third-order valence-electron chi connectivity index (χ3n) is 2.14. The fraction of sp³-hybridized carbons (Fsp3) is 0.385. The van der Waals surface area contributed by atoms with Crippen molar-refractivity contribution in [2.45, 2.75) is 32.2 Å². The van der Waals surface area contributed by atoms with Crippen molar-refractivity contribution in [2.24, 2.45) is 0 Å². The van der Waals surface area contributed by atoms with Gasteiger partial charge in [-0.25, -0.2) is 0 Å². The van der Waals surface area contributed by atoms with Crippen molar-refractivity contribution < 1.29 is 0 Å². The number of rotatable bonds is 6. The molecule has 0 aliphatic heterocycles. The molecule has 0 bridgehead atoms. The van der Waals surface area contributed by atoms with Gasteiger partial charge in [0.2, 0.25) is 0 Å². The fourth-order valence-electron chi connectivity index (χ4n) is 1.34. The third-order valence-corrected chi connectivity index (χ3v) is 3.48. The Bertz CT molecular complexity index is 251. The molecule has 1 aromatic rings. The van der Waals surface area contributed by atoms with Crippen LogP contribution in [0.1, 0.15) is 26.2 Å². The highest BCUT2D eigenvalue weighted by Crippen LogP contribution is 2.00. The van der Waals surface area contributed by atoms with Crippen LogP contribution in [0.5, 0.6) is 0 Å². The van der Waals surface area contributed by atoms with Gasteiger partial charge in [-0.3, -0.25) is 0 Å². The number of hydrogen-bond acceptors (Lipinski definition) is 0. The van der Waals surface area contributed by atoms with Crippen molar-refractivity contribution >= 4 is 14.7 Å². The second-order valence-electron chi connectivity index (χ2n) is 3.36. The Morgan fingerprint density at radius 3 is 2.64 bits per heavy atom. The predicted octanol–water partition coefficient (Wildman–Crippen LogP) is 3.18. The van der Waals surface area contributed by atoms with Crippen LogP contribution in [0.3, 0.4) is 0 Å². The van der Waals surface area contributed by atoms with Crippen LogP contribution in [0.4, 0.5) is 0 Å². The van der Waals surface area contributed by atoms with E-state index in [9.17, 15) is 0 Å². The molecule has 0 saturated carbocycles. The number of unbranched alkanes of at least 4 members (excludes halogenated alkanes) is 2. The quantitative estimate of drug-likeness (QED) is 0.377. The molecule has 0 heterocycles. The summed E-state index contributed by atoms with van der Waals surface area (Å²) in [6, 6.07) is 12.1. The van der Waals surface area contributed by atoms with E-state index in [1.165, 1.54) is 30.5 Å². The minimum Gasteiger partial charge on any atom is -0.0917 e. The van der Waals surface area contributed by atoms with E-state index in [-0.39, 0.29) is 0 Å². The molecule has 1 rings (SSSR count). The highest BCUT2D eigenvalue weighted by molar-refractivity contribution is 6.53. The van der Waals surface area contributed by atoms with Gasteiger partial charge >= 0.3 is 0 Å². The molecule has 0 amide bonds. The SMILES string of the molecule is C/C=C/CCCC[Si]c1ccccc1. The van der Waals surface area contributed by atoms with Gasteiger partial charge in [0.25, 0.3) is 0 Å². The van der Waals surface area contributed by atoms with Crippen LogP contribution in [0.25, 0.3) is 0 Å². The van der Waals surface area contributed by atoms with E-state index in [2.05, 4.69) is 49.4 Å². The zero-order chi connectivity index (χ0) is 10.1. The molecule has 0 aliphatic rings. The van der Waals surface area contributed by atoms with Crippen molar-refractivity contribution in [3.63, 3.8) is 0 Å². The van der Waals surface area contributed by atoms with Gasteiger partial charge in [0.15, 0.2) is 0 Å². The van der Waals surface area contributed by atoms with E-state index in [0.717, 1.165) is 9.52 Å². The van der Waals surface area contributed by atoms with Gasteiger partial charge in [-0.1, -0.05) is 66.6 Å². The number of benzene rings is 1. The highest BCUT2D eigenvalue weighted by atomic mass is 28.2. The maximum absolute atomic E-state index is 2.26. The van der Waals surface area contributed by atoms with Gasteiger partial charge in [0.1, 0.15) is 0 Å². The fourth-order valence-corrected chi connectivity index (χ4v) is 2.49. The lowest BCUT2D eigenvalue weighted by Crippen LogP contribution is -2.12. The smallest absolute Gasteiger partial charge is 0.0807 e. The number of hydrogen-bond donors (Lipinski definition) is 0. The van der Waals surface area contributed by atoms with Crippen LogP contribution >= 0.6 is 0 Å². The first-order valence-corrected chi connectivity index (χ1v) is 6.54. The average Bonchev–Trinajstić information content (AvgIpc) is 2.25. The first-order chi connectivity index (χ1) is 6.93. The monoisotopic (exact) mass is 202 g/mol. The van der Waals surface area contributed by atoms with Crippen molar-refractivity contribution in [3.05, 3.63) is 42.5 Å². The molecule has 2 radical (unpaired) electrons. The summed E-state index contributed by atoms with van der Waals surface area (Å²) in [5.41, 5.74) is 0. The lowest BCUT2D eigenvalue weighted by molar-refractivity contribution is 0.811. The minimum absolute atomic E-state index is 0.992. The molecule has 14 heavy (non-hydrogen) atoms. The molecule has 0 saturated heterocycles. The van der Waals surface area contributed by atoms with E-state index < -0.39 is 0 Å². The molecule has 0 fully saturated rings. The molecule has 0 N–H and O–H groups in total. The molecule has 0 spiro atoms. The van der Waals surface area contributed by atoms with E-state index in [1.807, 2.05) is 0 Å². The summed E-state index contributed by atoms with van der Waals surface area (Å²) in [6.45, 7) is 2.09. The average molecular weight is 202 g/mol. The molecule has 0 unspecified atom stereocenters. The Kier molecular flexibility index (Phi) is 6.08. The van der Waals surface area contributed by atoms with E-state index in [4.69, 9.17) is 0 Å². The number of allylic oxidation sites excluding steroid dienone is 2. The first kappa shape index (κ1) is 11.3. The van der Waals surface area contributed by atoms with Crippen molar-refractivity contribution in [3.8, 4) is 0 Å². The minimum atomic E-state index is 0.992. The Labute approximate surface area is 89.9 Å². The maximum Gasteiger partial charge on any atom is 0.0807 e. The largest absolute Gasteiger partial charge is 0.0917 e. The first-order valence-electron chi connectivity index (χ1n) is 5.33. The standard InChI is InChI=1S/C13H18Si/c1-2-3-4-5-9-12-14-13-10-7-6-8-11-13/h2-3,6-8,10-11H,4-5,9,12H2,1H3/b3-2+. The summed E-state index contributed by atoms with van der Waals surface area (Å²) in [7, 11) is 0.992. The molecule has 0 atom stereocenters. The van der Waals surface area contributed by atoms with Gasteiger partial charge < -0.3 is 0 Å². The van der Waals surface area contributed by atoms with Gasteiger partial charge in [-0.15, -0.1) is 0 Å². The van der Waals surface area contributed by atoms with Crippen LogP contribution in [0, 0.1) is 0 Å². The zero-order valence-electron chi connectivity index (χ0n) is 8.87. The predicted molar refractivity (Wildman–Crippen MR) is 65.3 cm³/mol. The summed E-state index contributed by atoms with van der Waals surface area (Å²) in [5.74, 6) is 0. The lowest BCUT2D eigenvalue weighted by atomic mass is 10.2. The molecule has 1 aromatic carbocycles. The Hall–Kier alpha value is -0.823. The normalized spacial score (nSPS) is 10.9. The van der Waals surface area contributed by atoms with Gasteiger partial charge in [0, 0.05) is 0 Å². The van der Waals surface area contributed by atoms with Crippen LogP contribution in [0.15, 0.2) is 42.5 Å². The highest BCUT2D eigenvalue weighted by Gasteiger charge is 1.92.